The van der Waals surface area contributed by atoms with E-state index in [4.69, 9.17) is 21.1 Å². The third kappa shape index (κ3) is 7.47. The van der Waals surface area contributed by atoms with E-state index in [0.29, 0.717) is 29.5 Å². The second-order valence-corrected chi connectivity index (χ2v) is 7.59. The van der Waals surface area contributed by atoms with E-state index in [2.05, 4.69) is 12.2 Å². The number of benzene rings is 2. The first-order valence-electron chi connectivity index (χ1n) is 10.6. The van der Waals surface area contributed by atoms with Gasteiger partial charge >= 0.3 is 0 Å². The Hall–Kier alpha value is -2.73. The SMILES string of the molecule is CCCCNC(=O)[C@H](CC)N(Cc1ccc(Cl)cc1)C(=O)COc1ccccc1OC. The summed E-state index contributed by atoms with van der Waals surface area (Å²) in [4.78, 5) is 27.6. The highest BCUT2D eigenvalue weighted by Gasteiger charge is 2.29. The van der Waals surface area contributed by atoms with Crippen LogP contribution in [0.5, 0.6) is 11.5 Å². The number of nitrogens with zero attached hydrogens (tertiary/aromatic N) is 1. The Balaban J connectivity index is 2.19. The largest absolute Gasteiger partial charge is 0.493 e. The van der Waals surface area contributed by atoms with Crippen molar-refractivity contribution in [3.63, 3.8) is 0 Å². The van der Waals surface area contributed by atoms with Crippen LogP contribution in [0.15, 0.2) is 48.5 Å². The standard InChI is InChI=1S/C24H31ClN2O4/c1-4-6-15-26-24(29)20(5-2)27(16-18-11-13-19(25)14-12-18)23(28)17-31-22-10-8-7-9-21(22)30-3/h7-14,20H,4-6,15-17H2,1-3H3,(H,26,29)/t20-/m0/s1. The molecule has 0 aliphatic rings. The van der Waals surface area contributed by atoms with Crippen molar-refractivity contribution in [3.8, 4) is 11.5 Å². The summed E-state index contributed by atoms with van der Waals surface area (Å²) in [7, 11) is 1.55. The maximum absolute atomic E-state index is 13.2. The first-order chi connectivity index (χ1) is 15.0. The second-order valence-electron chi connectivity index (χ2n) is 7.16. The summed E-state index contributed by atoms with van der Waals surface area (Å²) in [6.45, 7) is 4.63. The summed E-state index contributed by atoms with van der Waals surface area (Å²) < 4.78 is 11.0. The van der Waals surface area contributed by atoms with Gasteiger partial charge in [0.15, 0.2) is 18.1 Å². The topological polar surface area (TPSA) is 67.9 Å². The Labute approximate surface area is 189 Å². The average molecular weight is 447 g/mol. The van der Waals surface area contributed by atoms with E-state index in [1.54, 1.807) is 36.3 Å². The summed E-state index contributed by atoms with van der Waals surface area (Å²) in [5.74, 6) is 0.586. The van der Waals surface area contributed by atoms with Gasteiger partial charge in [-0.3, -0.25) is 9.59 Å². The molecule has 0 radical (unpaired) electrons. The molecule has 0 bridgehead atoms. The first kappa shape index (κ1) is 24.5. The number of ether oxygens (including phenoxy) is 2. The average Bonchev–Trinajstić information content (AvgIpc) is 2.79. The number of methoxy groups -OCH3 is 1. The summed E-state index contributed by atoms with van der Waals surface area (Å²) in [6, 6.07) is 13.8. The lowest BCUT2D eigenvalue weighted by molar-refractivity contribution is -0.143. The highest BCUT2D eigenvalue weighted by Crippen LogP contribution is 2.26. The lowest BCUT2D eigenvalue weighted by Crippen LogP contribution is -2.50. The zero-order chi connectivity index (χ0) is 22.6. The Morgan fingerprint density at radius 2 is 1.74 bits per heavy atom. The molecule has 0 aromatic heterocycles. The molecule has 0 aliphatic heterocycles. The van der Waals surface area contributed by atoms with Gasteiger partial charge in [0.1, 0.15) is 6.04 Å². The molecule has 2 amide bonds. The summed E-state index contributed by atoms with van der Waals surface area (Å²) in [6.07, 6.45) is 2.37. The van der Waals surface area contributed by atoms with Gasteiger partial charge in [-0.15, -0.1) is 0 Å². The van der Waals surface area contributed by atoms with E-state index < -0.39 is 6.04 Å². The van der Waals surface area contributed by atoms with Gasteiger partial charge in [-0.2, -0.15) is 0 Å². The van der Waals surface area contributed by atoms with E-state index in [9.17, 15) is 9.59 Å². The lowest BCUT2D eigenvalue weighted by Gasteiger charge is -2.30. The van der Waals surface area contributed by atoms with Crippen LogP contribution >= 0.6 is 11.6 Å². The minimum atomic E-state index is -0.596. The number of carbonyl (C=O) groups excluding carboxylic acids is 2. The Morgan fingerprint density at radius 1 is 1.06 bits per heavy atom. The summed E-state index contributed by atoms with van der Waals surface area (Å²) in [5, 5.41) is 3.56. The number of para-hydroxylation sites is 2. The molecular weight excluding hydrogens is 416 g/mol. The molecule has 0 aliphatic carbocycles. The number of hydrogen-bond donors (Lipinski definition) is 1. The first-order valence-corrected chi connectivity index (χ1v) is 10.9. The fraction of sp³-hybridized carbons (Fsp3) is 0.417. The number of nitrogens with one attached hydrogen (secondary N) is 1. The predicted octanol–water partition coefficient (Wildman–Crippen LogP) is 4.45. The number of halogens is 1. The normalized spacial score (nSPS) is 11.5. The number of unbranched alkanes of at least 4 members (excludes halogenated alkanes) is 1. The van der Waals surface area contributed by atoms with Gasteiger partial charge in [-0.25, -0.2) is 0 Å². The molecule has 6 nitrogen and oxygen atoms in total. The van der Waals surface area contributed by atoms with E-state index in [1.807, 2.05) is 31.2 Å². The highest BCUT2D eigenvalue weighted by atomic mass is 35.5. The van der Waals surface area contributed by atoms with Crippen molar-refractivity contribution in [2.75, 3.05) is 20.3 Å². The van der Waals surface area contributed by atoms with Crippen molar-refractivity contribution < 1.29 is 19.1 Å². The molecule has 168 valence electrons. The Bertz CT molecular complexity index is 842. The van der Waals surface area contributed by atoms with Crippen molar-refractivity contribution in [1.82, 2.24) is 10.2 Å². The molecule has 2 rings (SSSR count). The number of carbonyl (C=O) groups is 2. The second kappa shape index (κ2) is 12.8. The summed E-state index contributed by atoms with van der Waals surface area (Å²) in [5.41, 5.74) is 0.884. The molecule has 2 aromatic carbocycles. The lowest BCUT2D eigenvalue weighted by atomic mass is 10.1. The number of rotatable bonds is 12. The molecule has 0 heterocycles. The highest BCUT2D eigenvalue weighted by molar-refractivity contribution is 6.30. The van der Waals surface area contributed by atoms with Crippen LogP contribution in [-0.2, 0) is 16.1 Å². The molecule has 0 saturated carbocycles. The molecule has 7 heteroatoms. The van der Waals surface area contributed by atoms with Gasteiger partial charge in [-0.1, -0.05) is 56.1 Å². The van der Waals surface area contributed by atoms with Crippen molar-refractivity contribution in [1.29, 1.82) is 0 Å². The van der Waals surface area contributed by atoms with Crippen LogP contribution in [0, 0.1) is 0 Å². The molecule has 31 heavy (non-hydrogen) atoms. The Morgan fingerprint density at radius 3 is 2.35 bits per heavy atom. The predicted molar refractivity (Wildman–Crippen MR) is 122 cm³/mol. The van der Waals surface area contributed by atoms with Crippen molar-refractivity contribution >= 4 is 23.4 Å². The van der Waals surface area contributed by atoms with Crippen LogP contribution in [0.25, 0.3) is 0 Å². The van der Waals surface area contributed by atoms with Gasteiger partial charge < -0.3 is 19.7 Å². The smallest absolute Gasteiger partial charge is 0.261 e. The number of amides is 2. The minimum absolute atomic E-state index is 0.157. The zero-order valence-electron chi connectivity index (χ0n) is 18.4. The van der Waals surface area contributed by atoms with Gasteiger partial charge in [0.2, 0.25) is 5.91 Å². The third-order valence-corrected chi connectivity index (χ3v) is 5.15. The van der Waals surface area contributed by atoms with Crippen molar-refractivity contribution in [2.24, 2.45) is 0 Å². The van der Waals surface area contributed by atoms with Crippen LogP contribution in [0.4, 0.5) is 0 Å². The van der Waals surface area contributed by atoms with E-state index >= 15 is 0 Å². The molecule has 0 spiro atoms. The van der Waals surface area contributed by atoms with Gasteiger partial charge in [-0.05, 0) is 42.7 Å². The molecule has 2 aromatic rings. The minimum Gasteiger partial charge on any atom is -0.493 e. The zero-order valence-corrected chi connectivity index (χ0v) is 19.2. The van der Waals surface area contributed by atoms with Gasteiger partial charge in [0.25, 0.3) is 5.91 Å². The fourth-order valence-electron chi connectivity index (χ4n) is 3.17. The van der Waals surface area contributed by atoms with Crippen LogP contribution in [-0.4, -0.2) is 43.0 Å². The molecule has 0 saturated heterocycles. The molecule has 1 N–H and O–H groups in total. The number of hydrogen-bond acceptors (Lipinski definition) is 4. The molecular formula is C24H31ClN2O4. The quantitative estimate of drug-likeness (QED) is 0.489. The van der Waals surface area contributed by atoms with Gasteiger partial charge in [0, 0.05) is 18.1 Å². The summed E-state index contributed by atoms with van der Waals surface area (Å²) >= 11 is 5.99. The van der Waals surface area contributed by atoms with Gasteiger partial charge in [0.05, 0.1) is 7.11 Å². The van der Waals surface area contributed by atoms with Crippen LogP contribution in [0.3, 0.4) is 0 Å². The molecule has 0 fully saturated rings. The van der Waals surface area contributed by atoms with E-state index in [1.165, 1.54) is 0 Å². The molecule has 1 atom stereocenters. The van der Waals surface area contributed by atoms with Crippen molar-refractivity contribution in [2.45, 2.75) is 45.7 Å². The van der Waals surface area contributed by atoms with E-state index in [-0.39, 0.29) is 25.0 Å². The van der Waals surface area contributed by atoms with Crippen LogP contribution in [0.1, 0.15) is 38.7 Å². The van der Waals surface area contributed by atoms with Crippen LogP contribution < -0.4 is 14.8 Å². The van der Waals surface area contributed by atoms with E-state index in [0.717, 1.165) is 18.4 Å². The Kier molecular flexibility index (Phi) is 10.2. The van der Waals surface area contributed by atoms with Crippen molar-refractivity contribution in [3.05, 3.63) is 59.1 Å². The maximum atomic E-state index is 13.2. The maximum Gasteiger partial charge on any atom is 0.261 e. The third-order valence-electron chi connectivity index (χ3n) is 4.90. The fourth-order valence-corrected chi connectivity index (χ4v) is 3.30. The monoisotopic (exact) mass is 446 g/mol. The van der Waals surface area contributed by atoms with Crippen LogP contribution in [0.2, 0.25) is 5.02 Å². The molecule has 0 unspecified atom stereocenters.